The molecule has 0 radical (unpaired) electrons. The van der Waals surface area contributed by atoms with Crippen LogP contribution in [0.25, 0.3) is 0 Å². The summed E-state index contributed by atoms with van der Waals surface area (Å²) >= 11 is 3.38. The van der Waals surface area contributed by atoms with E-state index in [1.165, 1.54) is 0 Å². The molecule has 4 heteroatoms. The molecule has 0 spiro atoms. The summed E-state index contributed by atoms with van der Waals surface area (Å²) in [6, 6.07) is 9.97. The Labute approximate surface area is 106 Å². The summed E-state index contributed by atoms with van der Waals surface area (Å²) in [5, 5.41) is 9.31. The van der Waals surface area contributed by atoms with Crippen molar-refractivity contribution >= 4 is 24.2 Å². The Kier molecular flexibility index (Phi) is 3.95. The molecule has 86 valence electrons. The Morgan fingerprint density at radius 1 is 1.25 bits per heavy atom. The van der Waals surface area contributed by atoms with Gasteiger partial charge in [-0.1, -0.05) is 28.1 Å². The summed E-state index contributed by atoms with van der Waals surface area (Å²) in [5.41, 5.74) is 0.0613. The molecule has 2 nitrogen and oxygen atoms in total. The topological polar surface area (TPSA) is 33.0 Å². The van der Waals surface area contributed by atoms with Gasteiger partial charge in [0.1, 0.15) is 6.07 Å². The normalized spacial score (nSPS) is 15.2. The third-order valence-electron chi connectivity index (χ3n) is 2.12. The highest BCUT2D eigenvalue weighted by Crippen LogP contribution is 2.29. The molecule has 0 aromatic heterocycles. The Bertz CT molecular complexity index is 405. The fourth-order valence-electron chi connectivity index (χ4n) is 1.53. The van der Waals surface area contributed by atoms with Crippen molar-refractivity contribution in [2.45, 2.75) is 32.2 Å². The van der Waals surface area contributed by atoms with E-state index in [2.05, 4.69) is 41.6 Å². The van der Waals surface area contributed by atoms with Crippen LogP contribution in [0.4, 0.5) is 0 Å². The summed E-state index contributed by atoms with van der Waals surface area (Å²) in [6.45, 7) is 8.08. The predicted molar refractivity (Wildman–Crippen MR) is 71.5 cm³/mol. The maximum atomic E-state index is 9.31. The lowest BCUT2D eigenvalue weighted by Crippen LogP contribution is -2.37. The van der Waals surface area contributed by atoms with Crippen molar-refractivity contribution in [3.63, 3.8) is 0 Å². The van der Waals surface area contributed by atoms with E-state index in [9.17, 15) is 5.26 Å². The lowest BCUT2D eigenvalue weighted by Gasteiger charge is -2.30. The number of benzene rings is 1. The molecule has 1 atom stereocenters. The van der Waals surface area contributed by atoms with Crippen LogP contribution < -0.4 is 0 Å². The van der Waals surface area contributed by atoms with Crippen LogP contribution in [0.2, 0.25) is 19.6 Å². The number of rotatable bonds is 3. The number of hydrogen-bond acceptors (Lipinski definition) is 2. The highest BCUT2D eigenvalue weighted by molar-refractivity contribution is 9.10. The van der Waals surface area contributed by atoms with Crippen LogP contribution in [0.1, 0.15) is 12.5 Å². The van der Waals surface area contributed by atoms with Gasteiger partial charge in [-0.15, -0.1) is 0 Å². The minimum absolute atomic E-state index is 0.842. The van der Waals surface area contributed by atoms with Crippen molar-refractivity contribution < 1.29 is 4.43 Å². The van der Waals surface area contributed by atoms with E-state index < -0.39 is 13.9 Å². The molecule has 0 saturated heterocycles. The molecular formula is C12H16BrNOSi. The number of nitrogens with zero attached hydrogens (tertiary/aromatic N) is 1. The lowest BCUT2D eigenvalue weighted by molar-refractivity contribution is 0.141. The Morgan fingerprint density at radius 3 is 2.12 bits per heavy atom. The first kappa shape index (κ1) is 13.4. The molecule has 0 N–H and O–H groups in total. The first-order chi connectivity index (χ1) is 7.27. The van der Waals surface area contributed by atoms with E-state index in [0.29, 0.717) is 0 Å². The molecule has 0 heterocycles. The monoisotopic (exact) mass is 297 g/mol. The van der Waals surface area contributed by atoms with Crippen LogP contribution in [0, 0.1) is 11.3 Å². The Morgan fingerprint density at radius 2 is 1.75 bits per heavy atom. The average Bonchev–Trinajstić information content (AvgIpc) is 2.16. The van der Waals surface area contributed by atoms with Gasteiger partial charge in [0.2, 0.25) is 0 Å². The van der Waals surface area contributed by atoms with Gasteiger partial charge < -0.3 is 4.43 Å². The van der Waals surface area contributed by atoms with E-state index in [0.717, 1.165) is 10.0 Å². The average molecular weight is 298 g/mol. The smallest absolute Gasteiger partial charge is 0.186 e. The fraction of sp³-hybridized carbons (Fsp3) is 0.417. The zero-order valence-corrected chi connectivity index (χ0v) is 12.6. The molecule has 0 aliphatic rings. The summed E-state index contributed by atoms with van der Waals surface area (Å²) in [7, 11) is -1.74. The maximum absolute atomic E-state index is 9.31. The lowest BCUT2D eigenvalue weighted by atomic mass is 9.98. The van der Waals surface area contributed by atoms with E-state index in [1.54, 1.807) is 0 Å². The van der Waals surface area contributed by atoms with Gasteiger partial charge in [0.25, 0.3) is 0 Å². The van der Waals surface area contributed by atoms with Crippen LogP contribution in [0.3, 0.4) is 0 Å². The van der Waals surface area contributed by atoms with Crippen molar-refractivity contribution in [2.24, 2.45) is 0 Å². The molecule has 0 aliphatic carbocycles. The van der Waals surface area contributed by atoms with Crippen molar-refractivity contribution in [3.8, 4) is 6.07 Å². The van der Waals surface area contributed by atoms with Crippen LogP contribution in [0.5, 0.6) is 0 Å². The van der Waals surface area contributed by atoms with E-state index in [4.69, 9.17) is 4.43 Å². The Balaban J connectivity index is 3.06. The van der Waals surface area contributed by atoms with Gasteiger partial charge in [-0.25, -0.2) is 0 Å². The first-order valence-electron chi connectivity index (χ1n) is 5.14. The van der Waals surface area contributed by atoms with E-state index >= 15 is 0 Å². The second-order valence-electron chi connectivity index (χ2n) is 4.87. The van der Waals surface area contributed by atoms with Gasteiger partial charge in [-0.05, 0) is 44.3 Å². The van der Waals surface area contributed by atoms with Crippen LogP contribution in [0.15, 0.2) is 28.7 Å². The summed E-state index contributed by atoms with van der Waals surface area (Å²) in [4.78, 5) is 0. The minimum Gasteiger partial charge on any atom is -0.397 e. The largest absolute Gasteiger partial charge is 0.397 e. The molecule has 0 amide bonds. The molecule has 0 saturated carbocycles. The molecule has 1 aromatic carbocycles. The predicted octanol–water partition coefficient (Wildman–Crippen LogP) is 4.04. The molecule has 16 heavy (non-hydrogen) atoms. The molecule has 0 aliphatic heterocycles. The first-order valence-corrected chi connectivity index (χ1v) is 9.34. The third kappa shape index (κ3) is 3.44. The van der Waals surface area contributed by atoms with Gasteiger partial charge in [0, 0.05) is 4.47 Å². The van der Waals surface area contributed by atoms with Crippen LogP contribution in [-0.4, -0.2) is 8.32 Å². The van der Waals surface area contributed by atoms with Crippen molar-refractivity contribution in [2.75, 3.05) is 0 Å². The number of halogens is 1. The van der Waals surface area contributed by atoms with Crippen LogP contribution >= 0.6 is 15.9 Å². The fourth-order valence-corrected chi connectivity index (χ4v) is 3.18. The molecule has 0 unspecified atom stereocenters. The van der Waals surface area contributed by atoms with Crippen molar-refractivity contribution in [1.29, 1.82) is 5.26 Å². The van der Waals surface area contributed by atoms with Crippen molar-refractivity contribution in [1.82, 2.24) is 0 Å². The van der Waals surface area contributed by atoms with E-state index in [-0.39, 0.29) is 0 Å². The SMILES string of the molecule is C[C@@](C#N)(O[Si](C)(C)C)c1ccc(Br)cc1. The quantitative estimate of drug-likeness (QED) is 0.789. The second-order valence-corrected chi connectivity index (χ2v) is 10.2. The van der Waals surface area contributed by atoms with Crippen LogP contribution in [-0.2, 0) is 10.0 Å². The Hall–Kier alpha value is -0.633. The highest BCUT2D eigenvalue weighted by Gasteiger charge is 2.33. The molecule has 1 rings (SSSR count). The maximum Gasteiger partial charge on any atom is 0.186 e. The van der Waals surface area contributed by atoms with Gasteiger partial charge in [0.15, 0.2) is 13.9 Å². The third-order valence-corrected chi connectivity index (χ3v) is 3.67. The van der Waals surface area contributed by atoms with Crippen molar-refractivity contribution in [3.05, 3.63) is 34.3 Å². The second kappa shape index (κ2) is 4.70. The van der Waals surface area contributed by atoms with Gasteiger partial charge >= 0.3 is 0 Å². The van der Waals surface area contributed by atoms with Gasteiger partial charge in [-0.3, -0.25) is 0 Å². The molecule has 0 bridgehead atoms. The summed E-state index contributed by atoms with van der Waals surface area (Å²) in [6.07, 6.45) is 0. The molecule has 1 aromatic rings. The zero-order chi connectivity index (χ0) is 12.4. The molecular weight excluding hydrogens is 282 g/mol. The van der Waals surface area contributed by atoms with Gasteiger partial charge in [0.05, 0.1) is 0 Å². The highest BCUT2D eigenvalue weighted by atomic mass is 79.9. The van der Waals surface area contributed by atoms with Gasteiger partial charge in [-0.2, -0.15) is 5.26 Å². The number of hydrogen-bond donors (Lipinski definition) is 0. The molecule has 0 fully saturated rings. The standard InChI is InChI=1S/C12H16BrNOSi/c1-12(9-14,15-16(2,3)4)10-5-7-11(13)8-6-10/h5-8H,1-4H3/t12-/m0/s1. The summed E-state index contributed by atoms with van der Waals surface area (Å²) < 4.78 is 6.97. The van der Waals surface area contributed by atoms with E-state index in [1.807, 2.05) is 31.2 Å². The summed E-state index contributed by atoms with van der Waals surface area (Å²) in [5.74, 6) is 0. The number of nitriles is 1. The zero-order valence-electron chi connectivity index (χ0n) is 10.0. The minimum atomic E-state index is -1.74.